The van der Waals surface area contributed by atoms with Gasteiger partial charge in [-0.2, -0.15) is 0 Å². The third-order valence-electron chi connectivity index (χ3n) is 7.25. The SMILES string of the molecule is O=[S@]1CCc2nc(N3CC4C(C3)C4c3ncc(Cl)cn3)cc(NC3(CO)CCC3)c21. The smallest absolute Gasteiger partial charge is 0.132 e. The summed E-state index contributed by atoms with van der Waals surface area (Å²) in [5.74, 6) is 3.97. The third-order valence-corrected chi connectivity index (χ3v) is 8.93. The Morgan fingerprint density at radius 1 is 1.27 bits per heavy atom. The monoisotopic (exact) mass is 445 g/mol. The van der Waals surface area contributed by atoms with Gasteiger partial charge in [-0.3, -0.25) is 4.21 Å². The molecular weight excluding hydrogens is 422 g/mol. The molecule has 0 amide bonds. The van der Waals surface area contributed by atoms with Gasteiger partial charge in [0.2, 0.25) is 0 Å². The highest BCUT2D eigenvalue weighted by Crippen LogP contribution is 2.58. The zero-order chi connectivity index (χ0) is 20.5. The van der Waals surface area contributed by atoms with Crippen molar-refractivity contribution in [2.75, 3.05) is 35.7 Å². The predicted molar refractivity (Wildman–Crippen MR) is 115 cm³/mol. The maximum atomic E-state index is 12.6. The molecule has 4 aliphatic rings. The van der Waals surface area contributed by atoms with Crippen molar-refractivity contribution in [1.82, 2.24) is 15.0 Å². The lowest BCUT2D eigenvalue weighted by molar-refractivity contribution is 0.144. The van der Waals surface area contributed by atoms with Crippen LogP contribution >= 0.6 is 11.6 Å². The van der Waals surface area contributed by atoms with Gasteiger partial charge in [-0.05, 0) is 31.1 Å². The molecule has 2 aliphatic heterocycles. The summed E-state index contributed by atoms with van der Waals surface area (Å²) < 4.78 is 12.6. The van der Waals surface area contributed by atoms with Gasteiger partial charge < -0.3 is 15.3 Å². The molecule has 7 nitrogen and oxygen atoms in total. The summed E-state index contributed by atoms with van der Waals surface area (Å²) in [6, 6.07) is 2.05. The molecule has 6 rings (SSSR count). The number of aliphatic hydroxyl groups is 1. The number of hydrogen-bond donors (Lipinski definition) is 2. The van der Waals surface area contributed by atoms with Gasteiger partial charge in [0.1, 0.15) is 11.6 Å². The second-order valence-corrected chi connectivity index (χ2v) is 11.0. The molecular formula is C21H24ClN5O2S. The first-order chi connectivity index (χ1) is 14.6. The molecule has 0 radical (unpaired) electrons. The van der Waals surface area contributed by atoms with Gasteiger partial charge in [0.25, 0.3) is 0 Å². The minimum absolute atomic E-state index is 0.0999. The van der Waals surface area contributed by atoms with Crippen molar-refractivity contribution in [3.63, 3.8) is 0 Å². The minimum Gasteiger partial charge on any atom is -0.394 e. The number of piperidine rings is 1. The topological polar surface area (TPSA) is 91.2 Å². The Morgan fingerprint density at radius 2 is 2.00 bits per heavy atom. The average molecular weight is 446 g/mol. The van der Waals surface area contributed by atoms with Crippen LogP contribution in [0.3, 0.4) is 0 Å². The molecule has 30 heavy (non-hydrogen) atoms. The normalized spacial score (nSPS) is 30.5. The van der Waals surface area contributed by atoms with Crippen LogP contribution in [0.2, 0.25) is 5.02 Å². The lowest BCUT2D eigenvalue weighted by Gasteiger charge is -2.42. The first-order valence-electron chi connectivity index (χ1n) is 10.6. The van der Waals surface area contributed by atoms with Crippen LogP contribution in [0, 0.1) is 11.8 Å². The number of nitrogens with one attached hydrogen (secondary N) is 1. The van der Waals surface area contributed by atoms with Gasteiger partial charge in [-0.15, -0.1) is 0 Å². The van der Waals surface area contributed by atoms with Crippen molar-refractivity contribution < 1.29 is 9.32 Å². The van der Waals surface area contributed by atoms with Crippen LogP contribution in [-0.4, -0.2) is 55.3 Å². The van der Waals surface area contributed by atoms with Crippen molar-refractivity contribution in [1.29, 1.82) is 0 Å². The van der Waals surface area contributed by atoms with E-state index in [0.29, 0.717) is 28.5 Å². The Balaban J connectivity index is 1.25. The zero-order valence-corrected chi connectivity index (χ0v) is 18.1. The summed E-state index contributed by atoms with van der Waals surface area (Å²) >= 11 is 5.92. The number of halogens is 1. The lowest BCUT2D eigenvalue weighted by atomic mass is 9.77. The number of fused-ring (bicyclic) bond motifs is 2. The largest absolute Gasteiger partial charge is 0.394 e. The Morgan fingerprint density at radius 3 is 2.63 bits per heavy atom. The maximum Gasteiger partial charge on any atom is 0.132 e. The van der Waals surface area contributed by atoms with Crippen molar-refractivity contribution >= 4 is 33.9 Å². The Kier molecular flexibility index (Phi) is 4.34. The summed E-state index contributed by atoms with van der Waals surface area (Å²) in [7, 11) is -1.02. The zero-order valence-electron chi connectivity index (χ0n) is 16.6. The predicted octanol–water partition coefficient (Wildman–Crippen LogP) is 2.37. The maximum absolute atomic E-state index is 12.6. The number of anilines is 2. The van der Waals surface area contributed by atoms with Gasteiger partial charge in [-0.25, -0.2) is 15.0 Å². The fraction of sp³-hybridized carbons (Fsp3) is 0.571. The summed E-state index contributed by atoms with van der Waals surface area (Å²) in [5.41, 5.74) is 1.57. The second kappa shape index (κ2) is 6.87. The van der Waals surface area contributed by atoms with E-state index in [9.17, 15) is 9.32 Å². The van der Waals surface area contributed by atoms with Gasteiger partial charge >= 0.3 is 0 Å². The van der Waals surface area contributed by atoms with E-state index in [4.69, 9.17) is 16.6 Å². The molecule has 9 heteroatoms. The first kappa shape index (κ1) is 19.0. The van der Waals surface area contributed by atoms with Crippen molar-refractivity contribution in [2.45, 2.75) is 42.0 Å². The van der Waals surface area contributed by atoms with Crippen LogP contribution in [-0.2, 0) is 17.2 Å². The highest BCUT2D eigenvalue weighted by atomic mass is 35.5. The van der Waals surface area contributed by atoms with Crippen molar-refractivity contribution in [3.8, 4) is 0 Å². The van der Waals surface area contributed by atoms with Gasteiger partial charge in [-0.1, -0.05) is 11.6 Å². The second-order valence-electron chi connectivity index (χ2n) is 9.04. The molecule has 3 fully saturated rings. The number of aryl methyl sites for hydroxylation is 1. The van der Waals surface area contributed by atoms with Crippen LogP contribution in [0.25, 0.3) is 0 Å². The Bertz CT molecular complexity index is 1010. The van der Waals surface area contributed by atoms with E-state index < -0.39 is 10.8 Å². The van der Waals surface area contributed by atoms with Gasteiger partial charge in [0.15, 0.2) is 0 Å². The van der Waals surface area contributed by atoms with Crippen molar-refractivity contribution in [3.05, 3.63) is 35.0 Å². The molecule has 4 heterocycles. The number of aromatic nitrogens is 3. The fourth-order valence-corrected chi connectivity index (χ4v) is 6.79. The number of hydrogen-bond acceptors (Lipinski definition) is 7. The molecule has 0 bridgehead atoms. The summed E-state index contributed by atoms with van der Waals surface area (Å²) in [5, 5.41) is 14.0. The summed E-state index contributed by atoms with van der Waals surface area (Å²) in [4.78, 5) is 16.9. The molecule has 2 N–H and O–H groups in total. The molecule has 0 spiro atoms. The molecule has 2 aromatic heterocycles. The Hall–Kier alpha value is -1.77. The molecule has 2 aliphatic carbocycles. The number of aliphatic hydroxyl groups excluding tert-OH is 1. The number of pyridine rings is 1. The van der Waals surface area contributed by atoms with Crippen LogP contribution in [0.1, 0.15) is 36.7 Å². The summed E-state index contributed by atoms with van der Waals surface area (Å²) in [6.07, 6.45) is 7.10. The lowest BCUT2D eigenvalue weighted by Crippen LogP contribution is -2.48. The standard InChI is InChI=1S/C21H24ClN5O2S/c22-12-7-23-20(24-8-12)18-13-9-27(10-14(13)18)17-6-16(26-21(11-28)3-1-4-21)19-15(25-17)2-5-30(19)29/h6-8,13-14,18,28H,1-5,9-11H2,(H,25,26)/t13?,14?,18?,30-/m0/s1. The minimum atomic E-state index is -1.02. The van der Waals surface area contributed by atoms with E-state index in [-0.39, 0.29) is 12.1 Å². The van der Waals surface area contributed by atoms with Crippen molar-refractivity contribution in [2.24, 2.45) is 11.8 Å². The molecule has 0 aromatic carbocycles. The fourth-order valence-electron chi connectivity index (χ4n) is 5.34. The third kappa shape index (κ3) is 2.95. The van der Waals surface area contributed by atoms with E-state index in [1.165, 1.54) is 0 Å². The van der Waals surface area contributed by atoms with E-state index in [2.05, 4.69) is 26.3 Å². The van der Waals surface area contributed by atoms with E-state index in [1.54, 1.807) is 12.4 Å². The molecule has 158 valence electrons. The molecule has 2 unspecified atom stereocenters. The van der Waals surface area contributed by atoms with Crippen LogP contribution in [0.15, 0.2) is 23.4 Å². The Labute approximate surface area is 182 Å². The van der Waals surface area contributed by atoms with Gasteiger partial charge in [0.05, 0.1) is 44.2 Å². The first-order valence-corrected chi connectivity index (χ1v) is 12.3. The van der Waals surface area contributed by atoms with Gasteiger partial charge in [0, 0.05) is 49.6 Å². The van der Waals surface area contributed by atoms with E-state index >= 15 is 0 Å². The molecule has 2 saturated carbocycles. The van der Waals surface area contributed by atoms with Crippen LogP contribution in [0.4, 0.5) is 11.5 Å². The quantitative estimate of drug-likeness (QED) is 0.729. The summed E-state index contributed by atoms with van der Waals surface area (Å²) in [6.45, 7) is 1.96. The molecule has 1 saturated heterocycles. The molecule has 3 atom stereocenters. The van der Waals surface area contributed by atoms with E-state index in [1.807, 2.05) is 0 Å². The van der Waals surface area contributed by atoms with Crippen LogP contribution in [0.5, 0.6) is 0 Å². The van der Waals surface area contributed by atoms with Crippen LogP contribution < -0.4 is 10.2 Å². The van der Waals surface area contributed by atoms with E-state index in [0.717, 1.165) is 66.7 Å². The number of nitrogens with zero attached hydrogens (tertiary/aromatic N) is 4. The highest BCUT2D eigenvalue weighted by Gasteiger charge is 2.58. The molecule has 2 aromatic rings. The number of rotatable bonds is 5. The average Bonchev–Trinajstić information content (AvgIpc) is 3.04. The highest BCUT2D eigenvalue weighted by molar-refractivity contribution is 7.85.